The minimum absolute atomic E-state index is 0.143. The fraction of sp³-hybridized carbons (Fsp3) is 0.188. The van der Waals surface area contributed by atoms with Gasteiger partial charge in [0.2, 0.25) is 0 Å². The largest absolute Gasteiger partial charge is 0.497 e. The molecule has 0 saturated carbocycles. The van der Waals surface area contributed by atoms with Gasteiger partial charge in [0.1, 0.15) is 23.7 Å². The average Bonchev–Trinajstić information content (AvgIpc) is 2.45. The van der Waals surface area contributed by atoms with Crippen LogP contribution in [0.5, 0.6) is 11.5 Å². The fourth-order valence-electron chi connectivity index (χ4n) is 2.00. The van der Waals surface area contributed by atoms with Crippen molar-refractivity contribution in [2.75, 3.05) is 7.11 Å². The summed E-state index contributed by atoms with van der Waals surface area (Å²) in [5.41, 5.74) is 1.82. The Labute approximate surface area is 131 Å². The highest BCUT2D eigenvalue weighted by Crippen LogP contribution is 2.29. The highest BCUT2D eigenvalue weighted by molar-refractivity contribution is 9.10. The normalized spacial score (nSPS) is 10.2. The van der Waals surface area contributed by atoms with Crippen LogP contribution in [-0.4, -0.2) is 18.2 Å². The van der Waals surface area contributed by atoms with Crippen molar-refractivity contribution in [1.29, 1.82) is 0 Å². The van der Waals surface area contributed by atoms with E-state index >= 15 is 0 Å². The number of halogens is 1. The van der Waals surface area contributed by atoms with E-state index in [0.717, 1.165) is 16.9 Å². The molecule has 2 aromatic carbocycles. The molecule has 2 rings (SSSR count). The summed E-state index contributed by atoms with van der Waals surface area (Å²) in [6, 6.07) is 10.8. The summed E-state index contributed by atoms with van der Waals surface area (Å²) < 4.78 is 11.6. The van der Waals surface area contributed by atoms with Crippen LogP contribution >= 0.6 is 15.9 Å². The first-order valence-electron chi connectivity index (χ1n) is 6.30. The Morgan fingerprint density at radius 1 is 1.29 bits per heavy atom. The summed E-state index contributed by atoms with van der Waals surface area (Å²) >= 11 is 3.29. The second-order valence-corrected chi connectivity index (χ2v) is 5.46. The molecule has 0 aliphatic heterocycles. The Morgan fingerprint density at radius 2 is 2.05 bits per heavy atom. The summed E-state index contributed by atoms with van der Waals surface area (Å²) in [6.07, 6.45) is 0. The molecule has 0 fully saturated rings. The maximum atomic E-state index is 11.3. The Kier molecular flexibility index (Phi) is 4.85. The minimum atomic E-state index is -1.01. The van der Waals surface area contributed by atoms with Gasteiger partial charge < -0.3 is 14.6 Å². The summed E-state index contributed by atoms with van der Waals surface area (Å²) in [5.74, 6) is 0.107. The van der Waals surface area contributed by atoms with E-state index in [1.54, 1.807) is 7.11 Å². The number of hydrogen-bond donors (Lipinski definition) is 1. The average molecular weight is 351 g/mol. The number of carboxylic acid groups (broad SMARTS) is 1. The molecule has 0 unspecified atom stereocenters. The lowest BCUT2D eigenvalue weighted by molar-refractivity contribution is 0.0691. The fourth-order valence-corrected chi connectivity index (χ4v) is 2.57. The highest BCUT2D eigenvalue weighted by Gasteiger charge is 2.15. The minimum Gasteiger partial charge on any atom is -0.497 e. The first-order chi connectivity index (χ1) is 10.0. The molecule has 5 heteroatoms. The molecule has 4 nitrogen and oxygen atoms in total. The van der Waals surface area contributed by atoms with Gasteiger partial charge in [-0.15, -0.1) is 0 Å². The molecule has 0 aliphatic carbocycles. The predicted molar refractivity (Wildman–Crippen MR) is 83.2 cm³/mol. The SMILES string of the molecule is COc1cccc(COc2c(C)cc(Br)cc2C(=O)O)c1. The highest BCUT2D eigenvalue weighted by atomic mass is 79.9. The Bertz CT molecular complexity index is 667. The van der Waals surface area contributed by atoms with E-state index in [-0.39, 0.29) is 12.2 Å². The number of carboxylic acids is 1. The van der Waals surface area contributed by atoms with Crippen molar-refractivity contribution in [3.05, 3.63) is 57.6 Å². The molecule has 1 N–H and O–H groups in total. The Balaban J connectivity index is 2.25. The summed E-state index contributed by atoms with van der Waals surface area (Å²) in [5, 5.41) is 9.27. The van der Waals surface area contributed by atoms with Crippen molar-refractivity contribution in [2.24, 2.45) is 0 Å². The van der Waals surface area contributed by atoms with Gasteiger partial charge in [0, 0.05) is 4.47 Å². The lowest BCUT2D eigenvalue weighted by Crippen LogP contribution is -2.05. The van der Waals surface area contributed by atoms with E-state index in [0.29, 0.717) is 10.2 Å². The molecule has 110 valence electrons. The molecule has 0 spiro atoms. The van der Waals surface area contributed by atoms with E-state index in [9.17, 15) is 9.90 Å². The number of carbonyl (C=O) groups is 1. The van der Waals surface area contributed by atoms with E-state index in [2.05, 4.69) is 15.9 Å². The molecule has 0 atom stereocenters. The van der Waals surface area contributed by atoms with Crippen molar-refractivity contribution in [3.63, 3.8) is 0 Å². The first-order valence-corrected chi connectivity index (χ1v) is 7.09. The second-order valence-electron chi connectivity index (χ2n) is 4.54. The van der Waals surface area contributed by atoms with Crippen molar-refractivity contribution in [3.8, 4) is 11.5 Å². The molecule has 0 aliphatic rings. The first kappa shape index (κ1) is 15.4. The zero-order chi connectivity index (χ0) is 15.4. The number of rotatable bonds is 5. The number of methoxy groups -OCH3 is 1. The zero-order valence-corrected chi connectivity index (χ0v) is 13.3. The zero-order valence-electron chi connectivity index (χ0n) is 11.7. The van der Waals surface area contributed by atoms with Crippen LogP contribution in [0.4, 0.5) is 0 Å². The van der Waals surface area contributed by atoms with Crippen molar-refractivity contribution >= 4 is 21.9 Å². The van der Waals surface area contributed by atoms with Crippen LogP contribution in [0.3, 0.4) is 0 Å². The van der Waals surface area contributed by atoms with Gasteiger partial charge in [0.25, 0.3) is 0 Å². The van der Waals surface area contributed by atoms with Gasteiger partial charge in [0.15, 0.2) is 0 Å². The third-order valence-electron chi connectivity index (χ3n) is 2.99. The molecule has 21 heavy (non-hydrogen) atoms. The third-order valence-corrected chi connectivity index (χ3v) is 3.44. The van der Waals surface area contributed by atoms with Gasteiger partial charge in [0.05, 0.1) is 7.11 Å². The van der Waals surface area contributed by atoms with Crippen LogP contribution in [-0.2, 0) is 6.61 Å². The van der Waals surface area contributed by atoms with E-state index in [4.69, 9.17) is 9.47 Å². The molecule has 0 bridgehead atoms. The maximum Gasteiger partial charge on any atom is 0.339 e. The van der Waals surface area contributed by atoms with Gasteiger partial charge in [-0.3, -0.25) is 0 Å². The molecule has 2 aromatic rings. The number of ether oxygens (including phenoxy) is 2. The monoisotopic (exact) mass is 350 g/mol. The van der Waals surface area contributed by atoms with Crippen LogP contribution in [0.25, 0.3) is 0 Å². The predicted octanol–water partition coefficient (Wildman–Crippen LogP) is 4.04. The molecule has 0 heterocycles. The van der Waals surface area contributed by atoms with Crippen LogP contribution < -0.4 is 9.47 Å². The lowest BCUT2D eigenvalue weighted by atomic mass is 10.1. The number of aryl methyl sites for hydroxylation is 1. The summed E-state index contributed by atoms with van der Waals surface area (Å²) in [6.45, 7) is 2.10. The quantitative estimate of drug-likeness (QED) is 0.883. The molecule has 0 saturated heterocycles. The maximum absolute atomic E-state index is 11.3. The number of benzene rings is 2. The lowest BCUT2D eigenvalue weighted by Gasteiger charge is -2.13. The van der Waals surface area contributed by atoms with E-state index < -0.39 is 5.97 Å². The molecule has 0 aromatic heterocycles. The van der Waals surface area contributed by atoms with Crippen molar-refractivity contribution < 1.29 is 19.4 Å². The van der Waals surface area contributed by atoms with Gasteiger partial charge in [-0.1, -0.05) is 28.1 Å². The van der Waals surface area contributed by atoms with E-state index in [1.165, 1.54) is 6.07 Å². The van der Waals surface area contributed by atoms with Crippen LogP contribution in [0.15, 0.2) is 40.9 Å². The topological polar surface area (TPSA) is 55.8 Å². The molecular formula is C16H15BrO4. The summed E-state index contributed by atoms with van der Waals surface area (Å²) in [4.78, 5) is 11.3. The van der Waals surface area contributed by atoms with Gasteiger partial charge in [-0.05, 0) is 42.3 Å². The van der Waals surface area contributed by atoms with E-state index in [1.807, 2.05) is 37.3 Å². The summed E-state index contributed by atoms with van der Waals surface area (Å²) in [7, 11) is 1.60. The van der Waals surface area contributed by atoms with Gasteiger partial charge in [-0.25, -0.2) is 4.79 Å². The van der Waals surface area contributed by atoms with Crippen LogP contribution in [0.2, 0.25) is 0 Å². The Hall–Kier alpha value is -2.01. The standard InChI is InChI=1S/C16H15BrO4/c1-10-6-12(17)8-14(16(18)19)15(10)21-9-11-4-3-5-13(7-11)20-2/h3-8H,9H2,1-2H3,(H,18,19). The smallest absolute Gasteiger partial charge is 0.339 e. The molecular weight excluding hydrogens is 336 g/mol. The molecule has 0 radical (unpaired) electrons. The van der Waals surface area contributed by atoms with Crippen molar-refractivity contribution in [2.45, 2.75) is 13.5 Å². The van der Waals surface area contributed by atoms with Crippen LogP contribution in [0, 0.1) is 6.92 Å². The number of aromatic carboxylic acids is 1. The Morgan fingerprint density at radius 3 is 2.71 bits per heavy atom. The van der Waals surface area contributed by atoms with Crippen molar-refractivity contribution in [1.82, 2.24) is 0 Å². The van der Waals surface area contributed by atoms with Crippen LogP contribution in [0.1, 0.15) is 21.5 Å². The molecule has 0 amide bonds. The second kappa shape index (κ2) is 6.63. The van der Waals surface area contributed by atoms with Gasteiger partial charge in [-0.2, -0.15) is 0 Å². The number of hydrogen-bond acceptors (Lipinski definition) is 3. The third kappa shape index (κ3) is 3.76. The van der Waals surface area contributed by atoms with Gasteiger partial charge >= 0.3 is 5.97 Å².